The molecule has 0 aliphatic heterocycles. The molecule has 0 aliphatic rings. The van der Waals surface area contributed by atoms with E-state index in [0.29, 0.717) is 0 Å². The Labute approximate surface area is 143 Å². The fourth-order valence-corrected chi connectivity index (χ4v) is 2.70. The number of carbonyl (C=O) groups is 1. The van der Waals surface area contributed by atoms with Crippen molar-refractivity contribution in [1.29, 1.82) is 0 Å². The van der Waals surface area contributed by atoms with Crippen LogP contribution in [-0.2, 0) is 13.6 Å². The predicted molar refractivity (Wildman–Crippen MR) is 93.3 cm³/mol. The van der Waals surface area contributed by atoms with Crippen molar-refractivity contribution < 1.29 is 13.9 Å². The molecular weight excluding hydrogens is 323 g/mol. The second-order valence-corrected chi connectivity index (χ2v) is 5.65. The first-order valence-corrected chi connectivity index (χ1v) is 7.70. The van der Waals surface area contributed by atoms with Gasteiger partial charge in [-0.05, 0) is 29.8 Å². The van der Waals surface area contributed by atoms with Crippen LogP contribution in [0.2, 0.25) is 0 Å². The van der Waals surface area contributed by atoms with Gasteiger partial charge in [0.05, 0.1) is 12.6 Å². The Morgan fingerprint density at radius 2 is 1.92 bits per heavy atom. The van der Waals surface area contributed by atoms with E-state index in [0.717, 1.165) is 11.3 Å². The number of rotatable bonds is 4. The van der Waals surface area contributed by atoms with E-state index >= 15 is 0 Å². The maximum atomic E-state index is 13.9. The van der Waals surface area contributed by atoms with Crippen LogP contribution in [0.25, 0.3) is 10.9 Å². The molecule has 25 heavy (non-hydrogen) atoms. The first kappa shape index (κ1) is 16.7. The van der Waals surface area contributed by atoms with Gasteiger partial charge in [-0.1, -0.05) is 18.2 Å². The number of pyridine rings is 1. The number of halogens is 1. The highest BCUT2D eigenvalue weighted by atomic mass is 19.1. The Morgan fingerprint density at radius 3 is 2.60 bits per heavy atom. The number of benzene rings is 2. The molecule has 6 heteroatoms. The zero-order chi connectivity index (χ0) is 18.0. The lowest BCUT2D eigenvalue weighted by atomic mass is 10.1. The van der Waals surface area contributed by atoms with Gasteiger partial charge in [-0.25, -0.2) is 4.39 Å². The van der Waals surface area contributed by atoms with E-state index in [2.05, 4.69) is 5.32 Å². The van der Waals surface area contributed by atoms with Crippen LogP contribution < -0.4 is 15.5 Å². The summed E-state index contributed by atoms with van der Waals surface area (Å²) in [6.07, 6.45) is 1.36. The largest absolute Gasteiger partial charge is 0.497 e. The maximum absolute atomic E-state index is 13.9. The normalized spacial score (nSPS) is 10.7. The van der Waals surface area contributed by atoms with Gasteiger partial charge in [0, 0.05) is 25.2 Å². The van der Waals surface area contributed by atoms with Crippen LogP contribution in [0.15, 0.2) is 53.5 Å². The first-order chi connectivity index (χ1) is 12.0. The number of nitrogens with one attached hydrogen (secondary N) is 1. The monoisotopic (exact) mass is 340 g/mol. The van der Waals surface area contributed by atoms with E-state index in [-0.39, 0.29) is 23.0 Å². The summed E-state index contributed by atoms with van der Waals surface area (Å²) in [6, 6.07) is 11.5. The smallest absolute Gasteiger partial charge is 0.257 e. The van der Waals surface area contributed by atoms with Crippen LogP contribution in [0.4, 0.5) is 4.39 Å². The molecule has 0 unspecified atom stereocenters. The molecule has 0 saturated heterocycles. The zero-order valence-corrected chi connectivity index (χ0v) is 13.9. The first-order valence-electron chi connectivity index (χ1n) is 7.70. The van der Waals surface area contributed by atoms with E-state index in [1.165, 1.54) is 29.0 Å². The van der Waals surface area contributed by atoms with Crippen molar-refractivity contribution in [1.82, 2.24) is 9.88 Å². The number of hydrogen-bond acceptors (Lipinski definition) is 3. The van der Waals surface area contributed by atoms with E-state index in [4.69, 9.17) is 4.74 Å². The molecule has 3 rings (SSSR count). The minimum Gasteiger partial charge on any atom is -0.497 e. The lowest BCUT2D eigenvalue weighted by Gasteiger charge is -2.10. The van der Waals surface area contributed by atoms with Gasteiger partial charge in [0.1, 0.15) is 17.1 Å². The Kier molecular flexibility index (Phi) is 4.52. The number of aromatic nitrogens is 1. The van der Waals surface area contributed by atoms with Crippen molar-refractivity contribution in [2.45, 2.75) is 6.54 Å². The highest BCUT2D eigenvalue weighted by molar-refractivity contribution is 5.97. The lowest BCUT2D eigenvalue weighted by Crippen LogP contribution is -2.29. The maximum Gasteiger partial charge on any atom is 0.257 e. The summed E-state index contributed by atoms with van der Waals surface area (Å²) in [7, 11) is 3.18. The third-order valence-electron chi connectivity index (χ3n) is 4.01. The second kappa shape index (κ2) is 6.76. The molecule has 1 N–H and O–H groups in total. The van der Waals surface area contributed by atoms with Crippen LogP contribution in [0.1, 0.15) is 15.9 Å². The van der Waals surface area contributed by atoms with Crippen LogP contribution in [0.5, 0.6) is 5.75 Å². The summed E-state index contributed by atoms with van der Waals surface area (Å²) in [4.78, 5) is 24.9. The fourth-order valence-electron chi connectivity index (χ4n) is 2.70. The third-order valence-corrected chi connectivity index (χ3v) is 4.01. The second-order valence-electron chi connectivity index (χ2n) is 5.65. The molecule has 2 aromatic carbocycles. The number of amides is 1. The number of carbonyl (C=O) groups excluding carboxylic acids is 1. The standard InChI is InChI=1S/C19H17FN2O3/c1-22-11-15(18(23)14-4-3-5-16(20)17(14)22)19(24)21-10-12-6-8-13(25-2)9-7-12/h3-9,11H,10H2,1-2H3,(H,21,24). The molecule has 1 heterocycles. The van der Waals surface area contributed by atoms with E-state index in [1.54, 1.807) is 26.3 Å². The minimum absolute atomic E-state index is 0.0193. The van der Waals surface area contributed by atoms with Crippen LogP contribution in [0.3, 0.4) is 0 Å². The Bertz CT molecular complexity index is 994. The van der Waals surface area contributed by atoms with E-state index in [9.17, 15) is 14.0 Å². The molecule has 0 atom stereocenters. The molecule has 5 nitrogen and oxygen atoms in total. The number of nitrogens with zero attached hydrogens (tertiary/aromatic N) is 1. The Hall–Kier alpha value is -3.15. The highest BCUT2D eigenvalue weighted by Crippen LogP contribution is 2.15. The number of para-hydroxylation sites is 1. The van der Waals surface area contributed by atoms with Crippen molar-refractivity contribution in [2.75, 3.05) is 7.11 Å². The number of aryl methyl sites for hydroxylation is 1. The number of ether oxygens (including phenoxy) is 1. The third kappa shape index (κ3) is 3.24. The number of methoxy groups -OCH3 is 1. The number of hydrogen-bond donors (Lipinski definition) is 1. The summed E-state index contributed by atoms with van der Waals surface area (Å²) < 4.78 is 20.5. The summed E-state index contributed by atoms with van der Waals surface area (Å²) in [5.74, 6) is -0.273. The fraction of sp³-hybridized carbons (Fsp3) is 0.158. The topological polar surface area (TPSA) is 60.3 Å². The average Bonchev–Trinajstić information content (AvgIpc) is 2.63. The minimum atomic E-state index is -0.498. The molecule has 0 aliphatic carbocycles. The Morgan fingerprint density at radius 1 is 1.20 bits per heavy atom. The summed E-state index contributed by atoms with van der Waals surface area (Å²) in [5, 5.41) is 2.89. The predicted octanol–water partition coefficient (Wildman–Crippen LogP) is 2.62. The van der Waals surface area contributed by atoms with Gasteiger partial charge in [0.25, 0.3) is 5.91 Å². The molecule has 1 aromatic heterocycles. The van der Waals surface area contributed by atoms with Crippen molar-refractivity contribution in [3.05, 3.63) is 75.8 Å². The molecule has 1 amide bonds. The van der Waals surface area contributed by atoms with E-state index in [1.807, 2.05) is 12.1 Å². The average molecular weight is 340 g/mol. The van der Waals surface area contributed by atoms with Gasteiger partial charge < -0.3 is 14.6 Å². The van der Waals surface area contributed by atoms with E-state index < -0.39 is 17.2 Å². The van der Waals surface area contributed by atoms with Crippen molar-refractivity contribution in [3.8, 4) is 5.75 Å². The molecular formula is C19H17FN2O3. The Balaban J connectivity index is 1.87. The molecule has 128 valence electrons. The molecule has 0 saturated carbocycles. The lowest BCUT2D eigenvalue weighted by molar-refractivity contribution is 0.0949. The van der Waals surface area contributed by atoms with Crippen LogP contribution in [0, 0.1) is 5.82 Å². The van der Waals surface area contributed by atoms with Gasteiger partial charge in [-0.2, -0.15) is 0 Å². The van der Waals surface area contributed by atoms with Gasteiger partial charge in [-0.3, -0.25) is 9.59 Å². The van der Waals surface area contributed by atoms with Gasteiger partial charge >= 0.3 is 0 Å². The van der Waals surface area contributed by atoms with Gasteiger partial charge in [0.15, 0.2) is 0 Å². The summed E-state index contributed by atoms with van der Waals surface area (Å²) >= 11 is 0. The van der Waals surface area contributed by atoms with Crippen molar-refractivity contribution >= 4 is 16.8 Å². The van der Waals surface area contributed by atoms with Crippen LogP contribution in [-0.4, -0.2) is 17.6 Å². The highest BCUT2D eigenvalue weighted by Gasteiger charge is 2.16. The molecule has 0 spiro atoms. The zero-order valence-electron chi connectivity index (χ0n) is 13.9. The molecule has 0 bridgehead atoms. The number of fused-ring (bicyclic) bond motifs is 1. The van der Waals surface area contributed by atoms with Crippen molar-refractivity contribution in [2.24, 2.45) is 7.05 Å². The molecule has 3 aromatic rings. The SMILES string of the molecule is COc1ccc(CNC(=O)c2cn(C)c3c(F)cccc3c2=O)cc1. The van der Waals surface area contributed by atoms with Crippen LogP contribution >= 0.6 is 0 Å². The molecule has 0 radical (unpaired) electrons. The molecule has 0 fully saturated rings. The van der Waals surface area contributed by atoms with Gasteiger partial charge in [0.2, 0.25) is 5.43 Å². The van der Waals surface area contributed by atoms with Crippen molar-refractivity contribution in [3.63, 3.8) is 0 Å². The summed E-state index contributed by atoms with van der Waals surface area (Å²) in [5.41, 5.74) is 0.547. The summed E-state index contributed by atoms with van der Waals surface area (Å²) in [6.45, 7) is 0.271. The van der Waals surface area contributed by atoms with Gasteiger partial charge in [-0.15, -0.1) is 0 Å². The quantitative estimate of drug-likeness (QED) is 0.794.